The van der Waals surface area contributed by atoms with Crippen LogP contribution in [0.2, 0.25) is 0 Å². The highest BCUT2D eigenvalue weighted by atomic mass is 19.4. The first-order chi connectivity index (χ1) is 11.4. The summed E-state index contributed by atoms with van der Waals surface area (Å²) in [5.41, 5.74) is -0.905. The van der Waals surface area contributed by atoms with Crippen molar-refractivity contribution in [2.75, 3.05) is 13.1 Å². The maximum Gasteiger partial charge on any atom is 0.416 e. The van der Waals surface area contributed by atoms with E-state index in [-0.39, 0.29) is 18.0 Å². The lowest BCUT2D eigenvalue weighted by molar-refractivity contribution is -0.140. The molecule has 1 aliphatic rings. The Labute approximate surface area is 135 Å². The second kappa shape index (κ2) is 6.23. The van der Waals surface area contributed by atoms with Gasteiger partial charge >= 0.3 is 6.18 Å². The maximum absolute atomic E-state index is 13.3. The van der Waals surface area contributed by atoms with Crippen LogP contribution in [0, 0.1) is 6.92 Å². The summed E-state index contributed by atoms with van der Waals surface area (Å²) in [4.78, 5) is 18.0. The summed E-state index contributed by atoms with van der Waals surface area (Å²) in [6.45, 7) is 2.47. The summed E-state index contributed by atoms with van der Waals surface area (Å²) in [5.74, 6) is 0.213. The zero-order chi connectivity index (χ0) is 17.3. The number of amides is 1. The fourth-order valence-corrected chi connectivity index (χ4v) is 2.79. The predicted octanol–water partition coefficient (Wildman–Crippen LogP) is 2.07. The number of benzene rings is 1. The van der Waals surface area contributed by atoms with Crippen LogP contribution < -0.4 is 5.32 Å². The van der Waals surface area contributed by atoms with Gasteiger partial charge in [-0.15, -0.1) is 0 Å². The third-order valence-corrected chi connectivity index (χ3v) is 3.78. The third kappa shape index (κ3) is 3.25. The molecule has 0 spiro atoms. The molecule has 2 aromatic rings. The topological polar surface area (TPSA) is 71.3 Å². The van der Waals surface area contributed by atoms with Gasteiger partial charge in [-0.2, -0.15) is 18.2 Å². The standard InChI is InChI=1S/C15H15F3N4O2/c1-9-20-12(24-21-9)8-22-7-6-19-14(23)13(22)10-4-2-3-5-11(10)15(16,17)18/h2-5,13H,6-8H2,1H3,(H,19,23)/t13-/m0/s1. The fourth-order valence-electron chi connectivity index (χ4n) is 2.79. The molecular formula is C15H15F3N4O2. The predicted molar refractivity (Wildman–Crippen MR) is 76.6 cm³/mol. The molecule has 1 amide bonds. The molecule has 1 aromatic heterocycles. The monoisotopic (exact) mass is 340 g/mol. The Hall–Kier alpha value is -2.42. The number of carbonyl (C=O) groups is 1. The first-order valence-electron chi connectivity index (χ1n) is 7.33. The Morgan fingerprint density at radius 3 is 2.79 bits per heavy atom. The van der Waals surface area contributed by atoms with Gasteiger partial charge in [0.05, 0.1) is 12.1 Å². The van der Waals surface area contributed by atoms with Crippen molar-refractivity contribution < 1.29 is 22.5 Å². The zero-order valence-corrected chi connectivity index (χ0v) is 12.8. The average Bonchev–Trinajstić information content (AvgIpc) is 2.92. The van der Waals surface area contributed by atoms with Crippen LogP contribution in [-0.2, 0) is 17.5 Å². The average molecular weight is 340 g/mol. The van der Waals surface area contributed by atoms with Crippen LogP contribution in [0.25, 0.3) is 0 Å². The van der Waals surface area contributed by atoms with Gasteiger partial charge in [-0.1, -0.05) is 23.4 Å². The number of halogens is 3. The summed E-state index contributed by atoms with van der Waals surface area (Å²) in [7, 11) is 0. The van der Waals surface area contributed by atoms with Gasteiger partial charge in [-0.05, 0) is 18.6 Å². The van der Waals surface area contributed by atoms with Gasteiger partial charge in [-0.25, -0.2) is 0 Å². The van der Waals surface area contributed by atoms with Gasteiger partial charge in [0.25, 0.3) is 0 Å². The molecule has 1 aromatic carbocycles. The second-order valence-electron chi connectivity index (χ2n) is 5.48. The van der Waals surface area contributed by atoms with E-state index >= 15 is 0 Å². The number of alkyl halides is 3. The molecule has 2 heterocycles. The summed E-state index contributed by atoms with van der Waals surface area (Å²) in [6.07, 6.45) is -4.54. The van der Waals surface area contributed by atoms with Gasteiger partial charge in [0.1, 0.15) is 6.04 Å². The summed E-state index contributed by atoms with van der Waals surface area (Å²) in [6, 6.07) is 4.03. The van der Waals surface area contributed by atoms with Crippen LogP contribution in [0.3, 0.4) is 0 Å². The van der Waals surface area contributed by atoms with Gasteiger partial charge in [0, 0.05) is 13.1 Å². The molecule has 0 radical (unpaired) electrons. The minimum absolute atomic E-state index is 0.0848. The molecule has 0 bridgehead atoms. The van der Waals surface area contributed by atoms with Crippen LogP contribution in [0.5, 0.6) is 0 Å². The molecule has 24 heavy (non-hydrogen) atoms. The largest absolute Gasteiger partial charge is 0.416 e. The zero-order valence-electron chi connectivity index (χ0n) is 12.8. The molecule has 0 aliphatic carbocycles. The molecule has 0 saturated carbocycles. The maximum atomic E-state index is 13.3. The highest BCUT2D eigenvalue weighted by Crippen LogP contribution is 2.37. The smallest absolute Gasteiger partial charge is 0.353 e. The molecule has 1 saturated heterocycles. The Bertz CT molecular complexity index is 744. The molecule has 1 N–H and O–H groups in total. The van der Waals surface area contributed by atoms with E-state index in [0.717, 1.165) is 6.07 Å². The van der Waals surface area contributed by atoms with Crippen LogP contribution in [0.1, 0.15) is 28.9 Å². The van der Waals surface area contributed by atoms with E-state index in [1.807, 2.05) is 0 Å². The van der Waals surface area contributed by atoms with E-state index in [9.17, 15) is 18.0 Å². The lowest BCUT2D eigenvalue weighted by Gasteiger charge is -2.35. The van der Waals surface area contributed by atoms with Gasteiger partial charge in [0.15, 0.2) is 5.82 Å². The summed E-state index contributed by atoms with van der Waals surface area (Å²) >= 11 is 0. The molecular weight excluding hydrogens is 325 g/mol. The molecule has 9 heteroatoms. The van der Waals surface area contributed by atoms with E-state index in [2.05, 4.69) is 15.5 Å². The Kier molecular flexibility index (Phi) is 4.27. The number of nitrogens with zero attached hydrogens (tertiary/aromatic N) is 3. The van der Waals surface area contributed by atoms with Gasteiger partial charge in [0.2, 0.25) is 11.8 Å². The van der Waals surface area contributed by atoms with Crippen molar-refractivity contribution in [2.45, 2.75) is 25.7 Å². The van der Waals surface area contributed by atoms with Gasteiger partial charge < -0.3 is 9.84 Å². The number of hydrogen-bond donors (Lipinski definition) is 1. The van der Waals surface area contributed by atoms with Crippen molar-refractivity contribution in [3.63, 3.8) is 0 Å². The van der Waals surface area contributed by atoms with Crippen molar-refractivity contribution >= 4 is 5.91 Å². The number of aromatic nitrogens is 2. The molecule has 3 rings (SSSR count). The van der Waals surface area contributed by atoms with E-state index in [1.165, 1.54) is 18.2 Å². The molecule has 0 unspecified atom stereocenters. The molecule has 128 valence electrons. The van der Waals surface area contributed by atoms with Crippen LogP contribution in [0.4, 0.5) is 13.2 Å². The number of hydrogen-bond acceptors (Lipinski definition) is 5. The van der Waals surface area contributed by atoms with E-state index in [0.29, 0.717) is 18.9 Å². The highest BCUT2D eigenvalue weighted by molar-refractivity contribution is 5.84. The Balaban J connectivity index is 1.97. The summed E-state index contributed by atoms with van der Waals surface area (Å²) in [5, 5.41) is 6.28. The van der Waals surface area contributed by atoms with Crippen molar-refractivity contribution in [1.29, 1.82) is 0 Å². The van der Waals surface area contributed by atoms with Crippen LogP contribution >= 0.6 is 0 Å². The van der Waals surface area contributed by atoms with Crippen molar-refractivity contribution in [1.82, 2.24) is 20.4 Å². The van der Waals surface area contributed by atoms with Gasteiger partial charge in [-0.3, -0.25) is 9.69 Å². The van der Waals surface area contributed by atoms with Crippen LogP contribution in [0.15, 0.2) is 28.8 Å². The van der Waals surface area contributed by atoms with Crippen LogP contribution in [-0.4, -0.2) is 34.0 Å². The number of piperazine rings is 1. The molecule has 6 nitrogen and oxygen atoms in total. The molecule has 1 atom stereocenters. The minimum atomic E-state index is -4.54. The van der Waals surface area contributed by atoms with E-state index in [1.54, 1.807) is 11.8 Å². The minimum Gasteiger partial charge on any atom is -0.353 e. The van der Waals surface area contributed by atoms with Crippen molar-refractivity contribution in [3.05, 3.63) is 47.1 Å². The first kappa shape index (κ1) is 16.4. The summed E-state index contributed by atoms with van der Waals surface area (Å²) < 4.78 is 44.9. The molecule has 1 fully saturated rings. The highest BCUT2D eigenvalue weighted by Gasteiger charge is 2.40. The third-order valence-electron chi connectivity index (χ3n) is 3.78. The SMILES string of the molecule is Cc1noc(CN2CCNC(=O)[C@@H]2c2ccccc2C(F)(F)F)n1. The van der Waals surface area contributed by atoms with Crippen molar-refractivity contribution in [3.8, 4) is 0 Å². The number of rotatable bonds is 3. The number of carbonyl (C=O) groups excluding carboxylic acids is 1. The quantitative estimate of drug-likeness (QED) is 0.926. The van der Waals surface area contributed by atoms with E-state index in [4.69, 9.17) is 4.52 Å². The molecule has 1 aliphatic heterocycles. The lowest BCUT2D eigenvalue weighted by atomic mass is 9.96. The number of nitrogens with one attached hydrogen (secondary N) is 1. The second-order valence-corrected chi connectivity index (χ2v) is 5.48. The van der Waals surface area contributed by atoms with E-state index < -0.39 is 23.7 Å². The lowest BCUT2D eigenvalue weighted by Crippen LogP contribution is -2.50. The fraction of sp³-hybridized carbons (Fsp3) is 0.400. The Morgan fingerprint density at radius 1 is 1.38 bits per heavy atom. The Morgan fingerprint density at radius 2 is 2.12 bits per heavy atom. The first-order valence-corrected chi connectivity index (χ1v) is 7.33. The number of aryl methyl sites for hydroxylation is 1. The van der Waals surface area contributed by atoms with Crippen molar-refractivity contribution in [2.24, 2.45) is 0 Å². The normalized spacial score (nSPS) is 19.3.